The standard InChI is InChI=1S/C44H39N3O6S2/c1-33-12-13-44(34(2)26-33)55(48,49)53-54(41-9-3-6-38(27-41)50-30-35-14-20-45-21-15-35,42-10-4-7-39(28-42)51-31-36-16-22-46-23-17-36)43-11-5-8-40(29-43)52-32-37-18-24-47-25-19-37/h3-29H,30-32H2,1-2H3. The minimum absolute atomic E-state index is 0.0789. The van der Waals surface area contributed by atoms with Gasteiger partial charge in [-0.3, -0.25) is 15.0 Å². The molecule has 278 valence electrons. The van der Waals surface area contributed by atoms with Gasteiger partial charge in [-0.15, -0.1) is 0 Å². The molecular formula is C44H39N3O6S2. The quantitative estimate of drug-likeness (QED) is 0.101. The Hall–Kier alpha value is -6.01. The smallest absolute Gasteiger partial charge is 0.307 e. The van der Waals surface area contributed by atoms with Crippen molar-refractivity contribution in [2.75, 3.05) is 0 Å². The molecule has 0 atom stereocenters. The molecule has 0 saturated carbocycles. The Morgan fingerprint density at radius 1 is 0.473 bits per heavy atom. The van der Waals surface area contributed by atoms with E-state index in [4.69, 9.17) is 17.8 Å². The minimum Gasteiger partial charge on any atom is -0.489 e. The third-order valence-corrected chi connectivity index (χ3v) is 14.0. The average Bonchev–Trinajstić information content (AvgIpc) is 3.22. The Balaban J connectivity index is 1.40. The Bertz CT molecular complexity index is 2260. The van der Waals surface area contributed by atoms with Crippen LogP contribution < -0.4 is 14.2 Å². The second-order valence-corrected chi connectivity index (χ2v) is 17.1. The van der Waals surface area contributed by atoms with E-state index in [0.717, 1.165) is 22.3 Å². The summed E-state index contributed by atoms with van der Waals surface area (Å²) in [5.41, 5.74) is 4.32. The molecule has 9 nitrogen and oxygen atoms in total. The van der Waals surface area contributed by atoms with Crippen molar-refractivity contribution in [2.45, 2.75) is 53.3 Å². The highest BCUT2D eigenvalue weighted by atomic mass is 32.3. The predicted octanol–water partition coefficient (Wildman–Crippen LogP) is 9.83. The van der Waals surface area contributed by atoms with Gasteiger partial charge in [0, 0.05) is 51.9 Å². The fourth-order valence-electron chi connectivity index (χ4n) is 5.94. The molecule has 11 heteroatoms. The van der Waals surface area contributed by atoms with Gasteiger partial charge in [-0.1, -0.05) is 35.9 Å². The average molecular weight is 770 g/mol. The zero-order valence-corrected chi connectivity index (χ0v) is 32.0. The van der Waals surface area contributed by atoms with Crippen LogP contribution in [0.5, 0.6) is 17.2 Å². The third kappa shape index (κ3) is 9.04. The molecule has 0 radical (unpaired) electrons. The van der Waals surface area contributed by atoms with E-state index >= 15 is 0 Å². The van der Waals surface area contributed by atoms with Crippen molar-refractivity contribution in [2.24, 2.45) is 0 Å². The molecule has 0 amide bonds. The molecule has 0 aliphatic rings. The first-order chi connectivity index (χ1) is 26.8. The number of ether oxygens (including phenoxy) is 3. The highest BCUT2D eigenvalue weighted by molar-refractivity contribution is 8.33. The first kappa shape index (κ1) is 37.3. The summed E-state index contributed by atoms with van der Waals surface area (Å²) in [6.45, 7) is 4.55. The largest absolute Gasteiger partial charge is 0.489 e. The monoisotopic (exact) mass is 769 g/mol. The number of rotatable bonds is 15. The van der Waals surface area contributed by atoms with Gasteiger partial charge in [0.1, 0.15) is 37.1 Å². The van der Waals surface area contributed by atoms with Crippen molar-refractivity contribution < 1.29 is 26.3 Å². The van der Waals surface area contributed by atoms with Gasteiger partial charge in [-0.05, 0) is 143 Å². The first-order valence-corrected chi connectivity index (χ1v) is 20.5. The summed E-state index contributed by atoms with van der Waals surface area (Å²) in [4.78, 5) is 14.2. The number of hydrogen-bond acceptors (Lipinski definition) is 9. The third-order valence-electron chi connectivity index (χ3n) is 8.67. The van der Waals surface area contributed by atoms with E-state index in [9.17, 15) is 8.42 Å². The summed E-state index contributed by atoms with van der Waals surface area (Å²) in [5, 5.41) is 0. The molecule has 55 heavy (non-hydrogen) atoms. The van der Waals surface area contributed by atoms with Gasteiger partial charge in [-0.2, -0.15) is 8.42 Å². The highest BCUT2D eigenvalue weighted by Crippen LogP contribution is 2.71. The van der Waals surface area contributed by atoms with Crippen LogP contribution >= 0.6 is 10.3 Å². The van der Waals surface area contributed by atoms with E-state index in [1.807, 2.05) is 122 Å². The van der Waals surface area contributed by atoms with Crippen LogP contribution in [0, 0.1) is 13.8 Å². The fourth-order valence-corrected chi connectivity index (χ4v) is 11.4. The maximum absolute atomic E-state index is 14.8. The second-order valence-electron chi connectivity index (χ2n) is 12.7. The lowest BCUT2D eigenvalue weighted by Crippen LogP contribution is -2.16. The van der Waals surface area contributed by atoms with Crippen LogP contribution in [0.4, 0.5) is 0 Å². The van der Waals surface area contributed by atoms with Crippen LogP contribution in [0.2, 0.25) is 0 Å². The summed E-state index contributed by atoms with van der Waals surface area (Å²) in [5.74, 6) is 1.61. The van der Waals surface area contributed by atoms with Crippen molar-refractivity contribution in [1.82, 2.24) is 15.0 Å². The normalized spacial score (nSPS) is 11.8. The van der Waals surface area contributed by atoms with E-state index in [1.165, 1.54) is 0 Å². The summed E-state index contributed by atoms with van der Waals surface area (Å²) in [7, 11) is -7.56. The van der Waals surface area contributed by atoms with Gasteiger partial charge in [0.05, 0.1) is 4.90 Å². The fraction of sp³-hybridized carbons (Fsp3) is 0.114. The zero-order valence-electron chi connectivity index (χ0n) is 30.3. The van der Waals surface area contributed by atoms with Crippen LogP contribution in [0.25, 0.3) is 0 Å². The Labute approximate surface area is 323 Å². The van der Waals surface area contributed by atoms with Gasteiger partial charge < -0.3 is 14.2 Å². The van der Waals surface area contributed by atoms with E-state index in [-0.39, 0.29) is 24.7 Å². The number of pyridine rings is 3. The van der Waals surface area contributed by atoms with E-state index in [2.05, 4.69) is 15.0 Å². The summed E-state index contributed by atoms with van der Waals surface area (Å²) in [6.07, 6.45) is 10.3. The first-order valence-electron chi connectivity index (χ1n) is 17.5. The van der Waals surface area contributed by atoms with Crippen molar-refractivity contribution in [3.05, 3.63) is 192 Å². The summed E-state index contributed by atoms with van der Waals surface area (Å²) >= 11 is 0. The van der Waals surface area contributed by atoms with E-state index in [1.54, 1.807) is 56.2 Å². The number of nitrogens with zero attached hydrogens (tertiary/aromatic N) is 3. The predicted molar refractivity (Wildman–Crippen MR) is 212 cm³/mol. The lowest BCUT2D eigenvalue weighted by molar-refractivity contribution is 0.305. The SMILES string of the molecule is Cc1ccc(S(=O)(=O)OS(c2cccc(OCc3ccncc3)c2)(c2cccc(OCc3ccncc3)c2)c2cccc(OCc3ccncc3)c2)c(C)c1. The van der Waals surface area contributed by atoms with Crippen LogP contribution in [0.1, 0.15) is 27.8 Å². The zero-order chi connectivity index (χ0) is 38.1. The molecule has 3 heterocycles. The van der Waals surface area contributed by atoms with Gasteiger partial charge in [0.15, 0.2) is 0 Å². The Morgan fingerprint density at radius 2 is 0.855 bits per heavy atom. The molecule has 4 aromatic carbocycles. The van der Waals surface area contributed by atoms with Crippen molar-refractivity contribution in [3.63, 3.8) is 0 Å². The lowest BCUT2D eigenvalue weighted by atomic mass is 10.2. The van der Waals surface area contributed by atoms with Gasteiger partial charge in [0.25, 0.3) is 0 Å². The van der Waals surface area contributed by atoms with Crippen LogP contribution in [0.3, 0.4) is 0 Å². The Kier molecular flexibility index (Phi) is 11.5. The number of aryl methyl sites for hydroxylation is 2. The number of aromatic nitrogens is 3. The molecule has 3 aromatic heterocycles. The van der Waals surface area contributed by atoms with Crippen LogP contribution in [-0.2, 0) is 33.6 Å². The molecule has 0 spiro atoms. The Morgan fingerprint density at radius 3 is 1.22 bits per heavy atom. The lowest BCUT2D eigenvalue weighted by Gasteiger charge is -2.40. The van der Waals surface area contributed by atoms with Crippen molar-refractivity contribution in [1.29, 1.82) is 0 Å². The molecule has 0 saturated heterocycles. The van der Waals surface area contributed by atoms with E-state index in [0.29, 0.717) is 37.5 Å². The van der Waals surface area contributed by atoms with Gasteiger partial charge >= 0.3 is 10.1 Å². The number of hydrogen-bond donors (Lipinski definition) is 0. The molecule has 0 N–H and O–H groups in total. The molecule has 0 bridgehead atoms. The van der Waals surface area contributed by atoms with E-state index < -0.39 is 20.4 Å². The topological polar surface area (TPSA) is 110 Å². The molecule has 7 rings (SSSR count). The summed E-state index contributed by atoms with van der Waals surface area (Å²) < 4.78 is 55.2. The second kappa shape index (κ2) is 17.0. The molecule has 0 unspecified atom stereocenters. The molecule has 0 aliphatic carbocycles. The maximum Gasteiger partial charge on any atom is 0.307 e. The van der Waals surface area contributed by atoms with Crippen LogP contribution in [0.15, 0.2) is 184 Å². The molecule has 0 aliphatic heterocycles. The van der Waals surface area contributed by atoms with Gasteiger partial charge in [0.2, 0.25) is 0 Å². The van der Waals surface area contributed by atoms with Crippen LogP contribution in [-0.4, -0.2) is 23.4 Å². The highest BCUT2D eigenvalue weighted by Gasteiger charge is 2.40. The van der Waals surface area contributed by atoms with Crippen molar-refractivity contribution in [3.8, 4) is 17.2 Å². The molecule has 0 fully saturated rings. The summed E-state index contributed by atoms with van der Waals surface area (Å²) in [6, 6.07) is 38.8. The maximum atomic E-state index is 14.8. The van der Waals surface area contributed by atoms with Crippen molar-refractivity contribution >= 4 is 20.4 Å². The van der Waals surface area contributed by atoms with Gasteiger partial charge in [-0.25, -0.2) is 3.63 Å². The number of benzene rings is 4. The molecular weight excluding hydrogens is 731 g/mol. The minimum atomic E-state index is -4.42. The molecule has 7 aromatic rings.